The number of alkyl halides is 2. The molecule has 12 heavy (non-hydrogen) atoms. The van der Waals surface area contributed by atoms with E-state index in [1.807, 2.05) is 0 Å². The van der Waals surface area contributed by atoms with Gasteiger partial charge in [-0.25, -0.2) is 13.8 Å². The van der Waals surface area contributed by atoms with Crippen molar-refractivity contribution >= 4 is 0 Å². The number of rotatable bonds is 3. The van der Waals surface area contributed by atoms with Crippen molar-refractivity contribution in [2.75, 3.05) is 0 Å². The topological polar surface area (TPSA) is 43.8 Å². The summed E-state index contributed by atoms with van der Waals surface area (Å²) < 4.78 is 25.3. The molecule has 0 saturated heterocycles. The van der Waals surface area contributed by atoms with Crippen LogP contribution in [0.2, 0.25) is 0 Å². The van der Waals surface area contributed by atoms with E-state index in [2.05, 4.69) is 4.98 Å². The number of imidazole rings is 1. The summed E-state index contributed by atoms with van der Waals surface area (Å²) in [4.78, 5) is 3.75. The van der Waals surface area contributed by atoms with Crippen LogP contribution >= 0.6 is 0 Å². The van der Waals surface area contributed by atoms with E-state index in [9.17, 15) is 8.78 Å². The lowest BCUT2D eigenvalue weighted by atomic mass is 10.3. The van der Waals surface area contributed by atoms with Crippen molar-refractivity contribution < 1.29 is 8.78 Å². The number of aromatic nitrogens is 2. The summed E-state index contributed by atoms with van der Waals surface area (Å²) in [6.07, 6.45) is 0.509. The average molecular weight is 175 g/mol. The Morgan fingerprint density at radius 3 is 2.83 bits per heavy atom. The Balaban J connectivity index is 2.77. The molecule has 0 radical (unpaired) electrons. The van der Waals surface area contributed by atoms with Crippen molar-refractivity contribution in [1.82, 2.24) is 9.55 Å². The van der Waals surface area contributed by atoms with Gasteiger partial charge in [0.15, 0.2) is 0 Å². The summed E-state index contributed by atoms with van der Waals surface area (Å²) in [5.41, 5.74) is 6.16. The molecular weight excluding hydrogens is 164 g/mol. The fourth-order valence-electron chi connectivity index (χ4n) is 1.01. The fraction of sp³-hybridized carbons (Fsp3) is 0.571. The number of nitrogens with zero attached hydrogens (tertiary/aromatic N) is 2. The van der Waals surface area contributed by atoms with Gasteiger partial charge in [-0.05, 0) is 6.92 Å². The van der Waals surface area contributed by atoms with E-state index in [0.29, 0.717) is 5.69 Å². The predicted octanol–water partition coefficient (Wildman–Crippen LogP) is 1.17. The first kappa shape index (κ1) is 9.12. The fourth-order valence-corrected chi connectivity index (χ4v) is 1.01. The Hall–Kier alpha value is -0.970. The minimum absolute atomic E-state index is 0.258. The average Bonchev–Trinajstić information content (AvgIpc) is 2.33. The standard InChI is InChI=1S/C7H11F2N3/c1-5(10)6-2-11-4-12(6)3-7(8)9/h2,4-5,7H,3,10H2,1H3/t5-/m0/s1. The van der Waals surface area contributed by atoms with E-state index in [1.54, 1.807) is 6.92 Å². The molecular formula is C7H11F2N3. The van der Waals surface area contributed by atoms with Gasteiger partial charge in [0, 0.05) is 12.2 Å². The minimum Gasteiger partial charge on any atom is -0.327 e. The van der Waals surface area contributed by atoms with Crippen LogP contribution in [-0.4, -0.2) is 16.0 Å². The van der Waals surface area contributed by atoms with Crippen LogP contribution in [0.1, 0.15) is 18.7 Å². The van der Waals surface area contributed by atoms with Crippen LogP contribution in [0.3, 0.4) is 0 Å². The van der Waals surface area contributed by atoms with E-state index >= 15 is 0 Å². The van der Waals surface area contributed by atoms with Gasteiger partial charge in [0.25, 0.3) is 6.43 Å². The normalized spacial score (nSPS) is 13.8. The molecule has 0 aliphatic carbocycles. The molecule has 1 atom stereocenters. The van der Waals surface area contributed by atoms with Crippen LogP contribution in [0.5, 0.6) is 0 Å². The van der Waals surface area contributed by atoms with E-state index in [1.165, 1.54) is 17.1 Å². The van der Waals surface area contributed by atoms with Crippen molar-refractivity contribution in [1.29, 1.82) is 0 Å². The SMILES string of the molecule is C[C@H](N)c1cncn1CC(F)F. The summed E-state index contributed by atoms with van der Waals surface area (Å²) >= 11 is 0. The van der Waals surface area contributed by atoms with Crippen LogP contribution in [0.25, 0.3) is 0 Å². The number of hydrogen-bond acceptors (Lipinski definition) is 2. The van der Waals surface area contributed by atoms with Crippen molar-refractivity contribution in [2.45, 2.75) is 25.9 Å². The molecule has 1 aromatic rings. The molecule has 0 aromatic carbocycles. The molecule has 1 heterocycles. The number of hydrogen-bond donors (Lipinski definition) is 1. The van der Waals surface area contributed by atoms with Crippen LogP contribution in [-0.2, 0) is 6.54 Å². The number of halogens is 2. The van der Waals surface area contributed by atoms with Crippen molar-refractivity contribution in [2.24, 2.45) is 5.73 Å². The second-order valence-corrected chi connectivity index (χ2v) is 2.65. The van der Waals surface area contributed by atoms with Gasteiger partial charge in [0.1, 0.15) is 0 Å². The zero-order valence-corrected chi connectivity index (χ0v) is 6.74. The third-order valence-corrected chi connectivity index (χ3v) is 1.55. The van der Waals surface area contributed by atoms with Gasteiger partial charge in [-0.15, -0.1) is 0 Å². The first-order valence-electron chi connectivity index (χ1n) is 3.65. The van der Waals surface area contributed by atoms with Crippen LogP contribution in [0, 0.1) is 0 Å². The first-order valence-corrected chi connectivity index (χ1v) is 3.65. The van der Waals surface area contributed by atoms with E-state index in [0.717, 1.165) is 0 Å². The van der Waals surface area contributed by atoms with Gasteiger partial charge in [-0.1, -0.05) is 0 Å². The van der Waals surface area contributed by atoms with Gasteiger partial charge < -0.3 is 10.3 Å². The zero-order chi connectivity index (χ0) is 9.14. The van der Waals surface area contributed by atoms with Crippen molar-refractivity contribution in [3.63, 3.8) is 0 Å². The molecule has 68 valence electrons. The Bertz CT molecular complexity index is 245. The van der Waals surface area contributed by atoms with Gasteiger partial charge in [0.2, 0.25) is 0 Å². The largest absolute Gasteiger partial charge is 0.327 e. The Morgan fingerprint density at radius 1 is 1.67 bits per heavy atom. The molecule has 0 amide bonds. The molecule has 0 aliphatic rings. The van der Waals surface area contributed by atoms with E-state index in [-0.39, 0.29) is 12.6 Å². The zero-order valence-electron chi connectivity index (χ0n) is 6.74. The molecule has 2 N–H and O–H groups in total. The molecule has 1 aromatic heterocycles. The highest BCUT2D eigenvalue weighted by Gasteiger charge is 2.10. The smallest absolute Gasteiger partial charge is 0.256 e. The maximum absolute atomic E-state index is 12.0. The van der Waals surface area contributed by atoms with Gasteiger partial charge in [-0.2, -0.15) is 0 Å². The summed E-state index contributed by atoms with van der Waals surface area (Å²) in [5, 5.41) is 0. The second kappa shape index (κ2) is 3.62. The van der Waals surface area contributed by atoms with Crippen molar-refractivity contribution in [3.8, 4) is 0 Å². The first-order chi connectivity index (χ1) is 5.61. The van der Waals surface area contributed by atoms with Gasteiger partial charge in [-0.3, -0.25) is 0 Å². The lowest BCUT2D eigenvalue weighted by Gasteiger charge is -2.09. The maximum atomic E-state index is 12.0. The molecule has 0 spiro atoms. The van der Waals surface area contributed by atoms with Gasteiger partial charge in [0.05, 0.1) is 18.6 Å². The predicted molar refractivity (Wildman–Crippen MR) is 40.8 cm³/mol. The molecule has 1 rings (SSSR count). The molecule has 0 fully saturated rings. The highest BCUT2D eigenvalue weighted by atomic mass is 19.3. The molecule has 3 nitrogen and oxygen atoms in total. The molecule has 0 bridgehead atoms. The minimum atomic E-state index is -2.36. The number of nitrogens with two attached hydrogens (primary N) is 1. The van der Waals surface area contributed by atoms with E-state index in [4.69, 9.17) is 5.73 Å². The quantitative estimate of drug-likeness (QED) is 0.749. The molecule has 5 heteroatoms. The summed E-state index contributed by atoms with van der Waals surface area (Å²) in [5.74, 6) is 0. The van der Waals surface area contributed by atoms with E-state index < -0.39 is 6.43 Å². The highest BCUT2D eigenvalue weighted by Crippen LogP contribution is 2.10. The monoisotopic (exact) mass is 175 g/mol. The third kappa shape index (κ3) is 2.01. The highest BCUT2D eigenvalue weighted by molar-refractivity contribution is 5.02. The van der Waals surface area contributed by atoms with Crippen LogP contribution in [0.4, 0.5) is 8.78 Å². The third-order valence-electron chi connectivity index (χ3n) is 1.55. The van der Waals surface area contributed by atoms with Crippen LogP contribution < -0.4 is 5.73 Å². The summed E-state index contributed by atoms with van der Waals surface area (Å²) in [6, 6.07) is -0.258. The molecule has 0 unspecified atom stereocenters. The second-order valence-electron chi connectivity index (χ2n) is 2.65. The lowest BCUT2D eigenvalue weighted by Crippen LogP contribution is -2.14. The summed E-state index contributed by atoms with van der Waals surface area (Å²) in [7, 11) is 0. The molecule has 0 aliphatic heterocycles. The Labute approximate surface area is 69.2 Å². The Morgan fingerprint density at radius 2 is 2.33 bits per heavy atom. The Kier molecular flexibility index (Phi) is 2.75. The maximum Gasteiger partial charge on any atom is 0.256 e. The van der Waals surface area contributed by atoms with Gasteiger partial charge >= 0.3 is 0 Å². The lowest BCUT2D eigenvalue weighted by molar-refractivity contribution is 0.125. The molecule has 0 saturated carbocycles. The van der Waals surface area contributed by atoms with Crippen molar-refractivity contribution in [3.05, 3.63) is 18.2 Å². The summed E-state index contributed by atoms with van der Waals surface area (Å²) in [6.45, 7) is 1.40. The van der Waals surface area contributed by atoms with Crippen LogP contribution in [0.15, 0.2) is 12.5 Å².